The van der Waals surface area contributed by atoms with E-state index < -0.39 is 0 Å². The van der Waals surface area contributed by atoms with Gasteiger partial charge >= 0.3 is 0 Å². The lowest BCUT2D eigenvalue weighted by molar-refractivity contribution is 0.211. The van der Waals surface area contributed by atoms with Gasteiger partial charge in [-0.25, -0.2) is 4.98 Å². The summed E-state index contributed by atoms with van der Waals surface area (Å²) in [4.78, 5) is 8.93. The highest BCUT2D eigenvalue weighted by Crippen LogP contribution is 2.45. The monoisotopic (exact) mass is 376 g/mol. The lowest BCUT2D eigenvalue weighted by Gasteiger charge is -2.39. The molecule has 0 spiro atoms. The number of pyridine rings is 1. The number of hydrogen-bond donors (Lipinski definition) is 1. The molecule has 1 N–H and O–H groups in total. The summed E-state index contributed by atoms with van der Waals surface area (Å²) in [7, 11) is 1.60. The van der Waals surface area contributed by atoms with E-state index in [0.717, 1.165) is 30.8 Å². The van der Waals surface area contributed by atoms with Crippen LogP contribution in [0.25, 0.3) is 11.5 Å². The summed E-state index contributed by atoms with van der Waals surface area (Å²) in [6, 6.07) is 15.0. The molecule has 0 aliphatic heterocycles. The van der Waals surface area contributed by atoms with Crippen LogP contribution in [0.15, 0.2) is 53.2 Å². The van der Waals surface area contributed by atoms with E-state index in [1.165, 1.54) is 18.4 Å². The van der Waals surface area contributed by atoms with Gasteiger partial charge in [-0.2, -0.15) is 4.98 Å². The van der Waals surface area contributed by atoms with Crippen LogP contribution in [0.2, 0.25) is 0 Å². The maximum absolute atomic E-state index is 5.55. The molecular weight excluding hydrogens is 352 g/mol. The van der Waals surface area contributed by atoms with E-state index in [1.54, 1.807) is 19.4 Å². The number of rotatable bonds is 7. The van der Waals surface area contributed by atoms with Crippen molar-refractivity contribution in [2.45, 2.75) is 43.1 Å². The molecule has 6 nitrogen and oxygen atoms in total. The minimum absolute atomic E-state index is 0.00846. The van der Waals surface area contributed by atoms with E-state index >= 15 is 0 Å². The molecule has 2 aromatic heterocycles. The predicted molar refractivity (Wildman–Crippen MR) is 105 cm³/mol. The van der Waals surface area contributed by atoms with Gasteiger partial charge in [-0.15, -0.1) is 0 Å². The molecule has 5 rings (SSSR count). The zero-order valence-corrected chi connectivity index (χ0v) is 16.0. The minimum atomic E-state index is -0.00846. The van der Waals surface area contributed by atoms with E-state index in [1.807, 2.05) is 6.07 Å². The average molecular weight is 376 g/mol. The maximum atomic E-state index is 5.55. The SMILES string of the molecule is COc1ccc(-c2nc(C3(CN[C@H]4CC4c4ccccc4)CCC3)no2)cn1. The summed E-state index contributed by atoms with van der Waals surface area (Å²) in [6.07, 6.45) is 6.32. The van der Waals surface area contributed by atoms with Gasteiger partial charge in [-0.05, 0) is 30.9 Å². The number of nitrogens with zero attached hydrogens (tertiary/aromatic N) is 3. The van der Waals surface area contributed by atoms with Gasteiger partial charge in [0.15, 0.2) is 5.82 Å². The standard InChI is InChI=1S/C22H24N4O2/c1-27-19-9-8-16(13-23-19)20-25-21(26-28-20)22(10-5-11-22)14-24-18-12-17(18)15-6-3-2-4-7-15/h2-4,6-9,13,17-18,24H,5,10-12,14H2,1H3/t17?,18-/m0/s1. The van der Waals surface area contributed by atoms with Crippen LogP contribution in [0.1, 0.15) is 43.0 Å². The van der Waals surface area contributed by atoms with Crippen molar-refractivity contribution in [1.29, 1.82) is 0 Å². The van der Waals surface area contributed by atoms with Gasteiger partial charge in [0.1, 0.15) is 0 Å². The van der Waals surface area contributed by atoms with Crippen molar-refractivity contribution in [2.75, 3.05) is 13.7 Å². The molecule has 1 unspecified atom stereocenters. The maximum Gasteiger partial charge on any atom is 0.259 e. The summed E-state index contributed by atoms with van der Waals surface area (Å²) in [6.45, 7) is 0.904. The molecule has 3 aromatic rings. The Balaban J connectivity index is 1.26. The van der Waals surface area contributed by atoms with E-state index in [4.69, 9.17) is 14.2 Å². The first-order chi connectivity index (χ1) is 13.8. The van der Waals surface area contributed by atoms with Gasteiger partial charge in [0, 0.05) is 36.2 Å². The molecule has 144 valence electrons. The molecule has 2 atom stereocenters. The van der Waals surface area contributed by atoms with Crippen molar-refractivity contribution >= 4 is 0 Å². The van der Waals surface area contributed by atoms with E-state index in [-0.39, 0.29) is 5.41 Å². The van der Waals surface area contributed by atoms with E-state index in [2.05, 4.69) is 45.8 Å². The smallest absolute Gasteiger partial charge is 0.259 e. The van der Waals surface area contributed by atoms with Crippen molar-refractivity contribution in [2.24, 2.45) is 0 Å². The molecule has 0 radical (unpaired) electrons. The van der Waals surface area contributed by atoms with Gasteiger partial charge in [0.25, 0.3) is 5.89 Å². The van der Waals surface area contributed by atoms with Crippen molar-refractivity contribution in [3.05, 3.63) is 60.0 Å². The third-order valence-corrected chi connectivity index (χ3v) is 6.12. The van der Waals surface area contributed by atoms with Gasteiger partial charge in [-0.3, -0.25) is 0 Å². The number of ether oxygens (including phenoxy) is 1. The largest absolute Gasteiger partial charge is 0.481 e. The molecule has 0 saturated heterocycles. The Kier molecular flexibility index (Phi) is 4.36. The fourth-order valence-electron chi connectivity index (χ4n) is 4.08. The van der Waals surface area contributed by atoms with Crippen LogP contribution in [-0.2, 0) is 5.41 Å². The molecule has 2 fully saturated rings. The second-order valence-corrected chi connectivity index (χ2v) is 7.89. The number of nitrogens with one attached hydrogen (secondary N) is 1. The first-order valence-corrected chi connectivity index (χ1v) is 9.90. The van der Waals surface area contributed by atoms with Crippen LogP contribution in [0.4, 0.5) is 0 Å². The van der Waals surface area contributed by atoms with Gasteiger partial charge < -0.3 is 14.6 Å². The van der Waals surface area contributed by atoms with Gasteiger partial charge in [0.2, 0.25) is 5.88 Å². The molecule has 2 aliphatic carbocycles. The molecule has 0 bridgehead atoms. The van der Waals surface area contributed by atoms with Gasteiger partial charge in [0.05, 0.1) is 12.7 Å². The van der Waals surface area contributed by atoms with Crippen LogP contribution in [0.5, 0.6) is 5.88 Å². The van der Waals surface area contributed by atoms with Crippen LogP contribution in [-0.4, -0.2) is 34.8 Å². The van der Waals surface area contributed by atoms with Crippen molar-refractivity contribution < 1.29 is 9.26 Å². The molecular formula is C22H24N4O2. The average Bonchev–Trinajstić information content (AvgIpc) is 3.33. The number of methoxy groups -OCH3 is 1. The second-order valence-electron chi connectivity index (χ2n) is 7.89. The predicted octanol–water partition coefficient (Wildman–Crippen LogP) is 3.71. The number of benzene rings is 1. The van der Waals surface area contributed by atoms with Crippen LogP contribution >= 0.6 is 0 Å². The first-order valence-electron chi connectivity index (χ1n) is 9.90. The summed E-state index contributed by atoms with van der Waals surface area (Å²) in [5.74, 6) is 2.53. The summed E-state index contributed by atoms with van der Waals surface area (Å²) >= 11 is 0. The van der Waals surface area contributed by atoms with Crippen LogP contribution in [0.3, 0.4) is 0 Å². The zero-order chi connectivity index (χ0) is 19.0. The van der Waals surface area contributed by atoms with Crippen molar-refractivity contribution in [3.8, 4) is 17.3 Å². The van der Waals surface area contributed by atoms with Crippen molar-refractivity contribution in [3.63, 3.8) is 0 Å². The zero-order valence-electron chi connectivity index (χ0n) is 16.0. The molecule has 0 amide bonds. The van der Waals surface area contributed by atoms with Crippen LogP contribution in [0, 0.1) is 0 Å². The summed E-state index contributed by atoms with van der Waals surface area (Å²) < 4.78 is 10.7. The van der Waals surface area contributed by atoms with E-state index in [0.29, 0.717) is 23.7 Å². The minimum Gasteiger partial charge on any atom is -0.481 e. The Bertz CT molecular complexity index is 935. The summed E-state index contributed by atoms with van der Waals surface area (Å²) in [5, 5.41) is 8.08. The Morgan fingerprint density at radius 1 is 1.18 bits per heavy atom. The topological polar surface area (TPSA) is 73.1 Å². The molecule has 28 heavy (non-hydrogen) atoms. The lowest BCUT2D eigenvalue weighted by Crippen LogP contribution is -2.45. The lowest BCUT2D eigenvalue weighted by atomic mass is 9.68. The third-order valence-electron chi connectivity index (χ3n) is 6.12. The first kappa shape index (κ1) is 17.4. The Morgan fingerprint density at radius 2 is 2.04 bits per heavy atom. The number of aromatic nitrogens is 3. The number of hydrogen-bond acceptors (Lipinski definition) is 6. The fraction of sp³-hybridized carbons (Fsp3) is 0.409. The van der Waals surface area contributed by atoms with Crippen molar-refractivity contribution in [1.82, 2.24) is 20.4 Å². The second kappa shape index (κ2) is 7.02. The molecule has 6 heteroatoms. The Labute approximate surface area is 164 Å². The fourth-order valence-corrected chi connectivity index (χ4v) is 4.08. The Morgan fingerprint density at radius 3 is 2.71 bits per heavy atom. The molecule has 2 heterocycles. The quantitative estimate of drug-likeness (QED) is 0.678. The molecule has 2 aliphatic rings. The van der Waals surface area contributed by atoms with E-state index in [9.17, 15) is 0 Å². The Hall–Kier alpha value is -2.73. The highest BCUT2D eigenvalue weighted by Gasteiger charge is 2.46. The third kappa shape index (κ3) is 3.18. The molecule has 1 aromatic carbocycles. The normalized spacial score (nSPS) is 22.5. The van der Waals surface area contributed by atoms with Gasteiger partial charge in [-0.1, -0.05) is 41.9 Å². The summed E-state index contributed by atoms with van der Waals surface area (Å²) in [5.41, 5.74) is 2.23. The highest BCUT2D eigenvalue weighted by molar-refractivity contribution is 5.51. The molecule has 2 saturated carbocycles. The highest BCUT2D eigenvalue weighted by atomic mass is 16.5. The van der Waals surface area contributed by atoms with Crippen LogP contribution < -0.4 is 10.1 Å².